The lowest BCUT2D eigenvalue weighted by Crippen LogP contribution is -2.03. The number of hydrogen-bond acceptors (Lipinski definition) is 3. The minimum atomic E-state index is 0.0776. The predicted molar refractivity (Wildman–Crippen MR) is 153 cm³/mol. The molecule has 4 rings (SSSR count). The number of allylic oxidation sites excluding steroid dienone is 1. The second-order valence-corrected chi connectivity index (χ2v) is 8.72. The molecule has 0 saturated carbocycles. The summed E-state index contributed by atoms with van der Waals surface area (Å²) in [5.41, 5.74) is 7.06. The third kappa shape index (κ3) is 10.8. The number of benzene rings is 4. The van der Waals surface area contributed by atoms with Crippen LogP contribution in [-0.2, 0) is 16.0 Å². The molecule has 0 atom stereocenters. The number of rotatable bonds is 6. The van der Waals surface area contributed by atoms with Crippen LogP contribution < -0.4 is 0 Å². The maximum Gasteiger partial charge on any atom is 0.193 e. The molecule has 0 amide bonds. The Hall–Kier alpha value is -4.37. The summed E-state index contributed by atoms with van der Waals surface area (Å²) in [5, 5.41) is 0. The third-order valence-electron chi connectivity index (χ3n) is 5.42. The Kier molecular flexibility index (Phi) is 12.2. The lowest BCUT2D eigenvalue weighted by molar-refractivity contribution is -0.112. The summed E-state index contributed by atoms with van der Waals surface area (Å²) >= 11 is 0. The van der Waals surface area contributed by atoms with Gasteiger partial charge in [0.05, 0.1) is 0 Å². The summed E-state index contributed by atoms with van der Waals surface area (Å²) in [5.74, 6) is 0.177. The van der Waals surface area contributed by atoms with E-state index in [1.807, 2.05) is 130 Å². The van der Waals surface area contributed by atoms with Crippen molar-refractivity contribution >= 4 is 23.9 Å². The summed E-state index contributed by atoms with van der Waals surface area (Å²) in [7, 11) is 0. The first-order valence-corrected chi connectivity index (χ1v) is 12.2. The fraction of sp³-hybridized carbons (Fsp3) is 0.147. The monoisotopic (exact) mass is 490 g/mol. The van der Waals surface area contributed by atoms with Crippen LogP contribution in [0.15, 0.2) is 109 Å². The number of carbonyl (C=O) groups is 3. The highest BCUT2D eigenvalue weighted by molar-refractivity contribution is 6.09. The standard InChI is InChI=1S/C15H14O.C10H10O.C9H10O/c1-11-8-9-12(2)14(10-11)15(16)13-6-4-3-5-7-13;1-9(11)7-8-10-5-3-2-4-6-10;1-8-2-4-9(5-3-8)6-7-10/h3-10H,1-2H3;2-8H,1H3;2-5,7H,6H2,1H3/b;8-7+;. The summed E-state index contributed by atoms with van der Waals surface area (Å²) in [6.07, 6.45) is 4.82. The molecule has 4 aromatic rings. The van der Waals surface area contributed by atoms with Gasteiger partial charge in [-0.05, 0) is 56.5 Å². The molecule has 188 valence electrons. The Morgan fingerprint density at radius 2 is 1.27 bits per heavy atom. The Balaban J connectivity index is 0.000000203. The van der Waals surface area contributed by atoms with Gasteiger partial charge in [-0.3, -0.25) is 9.59 Å². The molecule has 37 heavy (non-hydrogen) atoms. The third-order valence-corrected chi connectivity index (χ3v) is 5.42. The van der Waals surface area contributed by atoms with Crippen LogP contribution in [0.3, 0.4) is 0 Å². The van der Waals surface area contributed by atoms with Crippen molar-refractivity contribution in [1.29, 1.82) is 0 Å². The summed E-state index contributed by atoms with van der Waals surface area (Å²) in [4.78, 5) is 32.8. The number of carbonyl (C=O) groups excluding carboxylic acids is 3. The van der Waals surface area contributed by atoms with Gasteiger partial charge in [0.1, 0.15) is 6.29 Å². The first kappa shape index (κ1) is 28.9. The average molecular weight is 491 g/mol. The van der Waals surface area contributed by atoms with E-state index in [-0.39, 0.29) is 11.6 Å². The zero-order valence-corrected chi connectivity index (χ0v) is 22.0. The van der Waals surface area contributed by atoms with Gasteiger partial charge in [-0.2, -0.15) is 0 Å². The molecule has 0 radical (unpaired) electrons. The van der Waals surface area contributed by atoms with E-state index in [0.717, 1.165) is 39.7 Å². The van der Waals surface area contributed by atoms with Crippen molar-refractivity contribution in [3.05, 3.63) is 148 Å². The van der Waals surface area contributed by atoms with Gasteiger partial charge in [-0.1, -0.05) is 114 Å². The molecule has 0 bridgehead atoms. The molecule has 0 saturated heterocycles. The van der Waals surface area contributed by atoms with Gasteiger partial charge in [0.25, 0.3) is 0 Å². The lowest BCUT2D eigenvalue weighted by Gasteiger charge is -2.06. The lowest BCUT2D eigenvalue weighted by atomic mass is 9.97. The van der Waals surface area contributed by atoms with Crippen LogP contribution in [-0.4, -0.2) is 17.9 Å². The maximum atomic E-state index is 12.2. The molecule has 3 nitrogen and oxygen atoms in total. The number of aryl methyl sites for hydroxylation is 3. The quantitative estimate of drug-likeness (QED) is 0.159. The topological polar surface area (TPSA) is 51.2 Å². The molecule has 4 aromatic carbocycles. The smallest absolute Gasteiger partial charge is 0.193 e. The van der Waals surface area contributed by atoms with Gasteiger partial charge in [-0.15, -0.1) is 0 Å². The molecule has 0 aliphatic rings. The Bertz CT molecular complexity index is 1300. The van der Waals surface area contributed by atoms with Crippen LogP contribution in [0, 0.1) is 20.8 Å². The second-order valence-electron chi connectivity index (χ2n) is 8.72. The molecule has 0 fully saturated rings. The molecule has 0 N–H and O–H groups in total. The van der Waals surface area contributed by atoms with E-state index in [1.165, 1.54) is 5.56 Å². The number of ketones is 2. The average Bonchev–Trinajstić information content (AvgIpc) is 2.92. The zero-order valence-electron chi connectivity index (χ0n) is 22.0. The van der Waals surface area contributed by atoms with Crippen LogP contribution in [0.25, 0.3) is 6.08 Å². The van der Waals surface area contributed by atoms with Gasteiger partial charge >= 0.3 is 0 Å². The maximum absolute atomic E-state index is 12.2. The van der Waals surface area contributed by atoms with Crippen molar-refractivity contribution in [1.82, 2.24) is 0 Å². The second kappa shape index (κ2) is 15.6. The van der Waals surface area contributed by atoms with Crippen molar-refractivity contribution < 1.29 is 14.4 Å². The predicted octanol–water partition coefficient (Wildman–Crippen LogP) is 7.56. The van der Waals surface area contributed by atoms with Crippen molar-refractivity contribution in [2.45, 2.75) is 34.1 Å². The van der Waals surface area contributed by atoms with E-state index < -0.39 is 0 Å². The first-order chi connectivity index (χ1) is 17.8. The summed E-state index contributed by atoms with van der Waals surface area (Å²) in [6, 6.07) is 33.1. The molecular weight excluding hydrogens is 456 g/mol. The molecule has 0 aliphatic carbocycles. The van der Waals surface area contributed by atoms with Crippen molar-refractivity contribution in [3.8, 4) is 0 Å². The summed E-state index contributed by atoms with van der Waals surface area (Å²) in [6.45, 7) is 7.54. The fourth-order valence-corrected chi connectivity index (χ4v) is 3.32. The van der Waals surface area contributed by atoms with E-state index in [1.54, 1.807) is 13.0 Å². The van der Waals surface area contributed by atoms with E-state index in [9.17, 15) is 14.4 Å². The number of aldehydes is 1. The van der Waals surface area contributed by atoms with E-state index >= 15 is 0 Å². The van der Waals surface area contributed by atoms with Crippen LogP contribution >= 0.6 is 0 Å². The normalized spacial score (nSPS) is 9.95. The van der Waals surface area contributed by atoms with Gasteiger partial charge in [0, 0.05) is 17.5 Å². The highest BCUT2D eigenvalue weighted by Crippen LogP contribution is 2.15. The van der Waals surface area contributed by atoms with Crippen molar-refractivity contribution in [2.24, 2.45) is 0 Å². The Morgan fingerprint density at radius 3 is 1.84 bits per heavy atom. The Morgan fingerprint density at radius 1 is 0.703 bits per heavy atom. The highest BCUT2D eigenvalue weighted by Gasteiger charge is 2.10. The van der Waals surface area contributed by atoms with Gasteiger partial charge in [0.15, 0.2) is 11.6 Å². The molecular formula is C34H34O3. The van der Waals surface area contributed by atoms with Crippen LogP contribution in [0.5, 0.6) is 0 Å². The minimum absolute atomic E-state index is 0.0776. The van der Waals surface area contributed by atoms with Crippen LogP contribution in [0.1, 0.15) is 50.7 Å². The van der Waals surface area contributed by atoms with Crippen LogP contribution in [0.4, 0.5) is 0 Å². The highest BCUT2D eigenvalue weighted by atomic mass is 16.1. The SMILES string of the molecule is CC(=O)/C=C/c1ccccc1.Cc1ccc(C)c(C(=O)c2ccccc2)c1.Cc1ccc(CC=O)cc1. The minimum Gasteiger partial charge on any atom is -0.303 e. The van der Waals surface area contributed by atoms with Gasteiger partial charge in [0.2, 0.25) is 0 Å². The molecule has 0 unspecified atom stereocenters. The van der Waals surface area contributed by atoms with Crippen LogP contribution in [0.2, 0.25) is 0 Å². The Labute approximate surface area is 220 Å². The van der Waals surface area contributed by atoms with E-state index in [4.69, 9.17) is 0 Å². The molecule has 3 heteroatoms. The molecule has 0 aliphatic heterocycles. The van der Waals surface area contributed by atoms with Crippen molar-refractivity contribution in [2.75, 3.05) is 0 Å². The molecule has 0 heterocycles. The molecule has 0 spiro atoms. The zero-order chi connectivity index (χ0) is 27.0. The molecule has 0 aromatic heterocycles. The largest absolute Gasteiger partial charge is 0.303 e. The summed E-state index contributed by atoms with van der Waals surface area (Å²) < 4.78 is 0. The van der Waals surface area contributed by atoms with E-state index in [2.05, 4.69) is 0 Å². The first-order valence-electron chi connectivity index (χ1n) is 12.2. The van der Waals surface area contributed by atoms with Gasteiger partial charge in [-0.25, -0.2) is 0 Å². The van der Waals surface area contributed by atoms with Crippen molar-refractivity contribution in [3.63, 3.8) is 0 Å². The fourth-order valence-electron chi connectivity index (χ4n) is 3.32. The van der Waals surface area contributed by atoms with E-state index in [0.29, 0.717) is 6.42 Å². The van der Waals surface area contributed by atoms with Gasteiger partial charge < -0.3 is 4.79 Å². The number of hydrogen-bond donors (Lipinski definition) is 0.